The first-order chi connectivity index (χ1) is 23.0. The van der Waals surface area contributed by atoms with Gasteiger partial charge in [0.2, 0.25) is 5.89 Å². The molecule has 1 aromatic heterocycles. The van der Waals surface area contributed by atoms with E-state index in [0.29, 0.717) is 5.89 Å². The van der Waals surface area contributed by atoms with Crippen LogP contribution in [-0.2, 0) is 5.41 Å². The summed E-state index contributed by atoms with van der Waals surface area (Å²) in [6.07, 6.45) is 0. The van der Waals surface area contributed by atoms with E-state index in [0.717, 1.165) is 44.5 Å². The highest BCUT2D eigenvalue weighted by atomic mass is 16.3. The van der Waals surface area contributed by atoms with E-state index in [9.17, 15) is 0 Å². The van der Waals surface area contributed by atoms with Gasteiger partial charge in [-0.1, -0.05) is 117 Å². The Morgan fingerprint density at radius 1 is 0.511 bits per heavy atom. The standard InChI is InChI=1S/C44H32N2O/c1-44(2)39-18-9-8-17-37(39)38-25-24-35(28-40(38)44)46(34-15-10-14-32(27-34)29-11-4-3-5-12-29)33-22-19-31(20-23-33)43-45-41-26-21-30-13-6-7-16-36(30)42(41)47-43/h3-28H,1-2H3. The Bertz CT molecular complexity index is 2440. The minimum atomic E-state index is -0.0967. The van der Waals surface area contributed by atoms with Gasteiger partial charge in [0, 0.05) is 33.4 Å². The Kier molecular flexibility index (Phi) is 6.16. The predicted octanol–water partition coefficient (Wildman–Crippen LogP) is 12.1. The molecule has 0 spiro atoms. The molecule has 0 saturated carbocycles. The summed E-state index contributed by atoms with van der Waals surface area (Å²) in [5.41, 5.74) is 13.5. The maximum absolute atomic E-state index is 6.38. The second-order valence-electron chi connectivity index (χ2n) is 12.9. The second-order valence-corrected chi connectivity index (χ2v) is 12.9. The van der Waals surface area contributed by atoms with Gasteiger partial charge in [0.05, 0.1) is 0 Å². The molecule has 224 valence electrons. The number of hydrogen-bond donors (Lipinski definition) is 0. The number of fused-ring (bicyclic) bond motifs is 6. The third-order valence-electron chi connectivity index (χ3n) is 9.69. The zero-order chi connectivity index (χ0) is 31.5. The molecule has 0 fully saturated rings. The van der Waals surface area contributed by atoms with Gasteiger partial charge in [-0.2, -0.15) is 0 Å². The van der Waals surface area contributed by atoms with Gasteiger partial charge in [0.25, 0.3) is 0 Å². The lowest BCUT2D eigenvalue weighted by molar-refractivity contribution is 0.623. The Labute approximate surface area is 274 Å². The smallest absolute Gasteiger partial charge is 0.227 e. The fourth-order valence-electron chi connectivity index (χ4n) is 7.27. The molecule has 1 heterocycles. The number of nitrogens with zero attached hydrogens (tertiary/aromatic N) is 2. The van der Waals surface area contributed by atoms with Gasteiger partial charge in [0.1, 0.15) is 5.52 Å². The van der Waals surface area contributed by atoms with Crippen molar-refractivity contribution >= 4 is 38.9 Å². The number of anilines is 3. The molecule has 0 atom stereocenters. The molecule has 8 aromatic rings. The number of hydrogen-bond acceptors (Lipinski definition) is 3. The van der Waals surface area contributed by atoms with Crippen LogP contribution in [0.2, 0.25) is 0 Å². The Balaban J connectivity index is 1.17. The summed E-state index contributed by atoms with van der Waals surface area (Å²) >= 11 is 0. The Hall–Kier alpha value is -5.93. The molecule has 0 amide bonds. The van der Waals surface area contributed by atoms with Crippen molar-refractivity contribution in [2.24, 2.45) is 0 Å². The summed E-state index contributed by atoms with van der Waals surface area (Å²) in [6, 6.07) is 56.1. The van der Waals surface area contributed by atoms with Gasteiger partial charge in [0.15, 0.2) is 5.58 Å². The quantitative estimate of drug-likeness (QED) is 0.196. The van der Waals surface area contributed by atoms with E-state index in [1.807, 2.05) is 18.2 Å². The highest BCUT2D eigenvalue weighted by molar-refractivity contribution is 6.03. The predicted molar refractivity (Wildman–Crippen MR) is 195 cm³/mol. The van der Waals surface area contributed by atoms with E-state index in [1.54, 1.807) is 0 Å². The molecule has 0 unspecified atom stereocenters. The molecular weight excluding hydrogens is 572 g/mol. The molecule has 3 nitrogen and oxygen atoms in total. The topological polar surface area (TPSA) is 29.3 Å². The van der Waals surface area contributed by atoms with Crippen molar-refractivity contribution in [3.63, 3.8) is 0 Å². The highest BCUT2D eigenvalue weighted by Gasteiger charge is 2.35. The molecule has 47 heavy (non-hydrogen) atoms. The van der Waals surface area contributed by atoms with Crippen LogP contribution in [0.1, 0.15) is 25.0 Å². The fourth-order valence-corrected chi connectivity index (χ4v) is 7.27. The molecule has 0 aliphatic heterocycles. The maximum Gasteiger partial charge on any atom is 0.227 e. The van der Waals surface area contributed by atoms with E-state index in [4.69, 9.17) is 9.40 Å². The van der Waals surface area contributed by atoms with Crippen molar-refractivity contribution in [3.8, 4) is 33.7 Å². The van der Waals surface area contributed by atoms with E-state index in [2.05, 4.69) is 158 Å². The molecule has 0 N–H and O–H groups in total. The van der Waals surface area contributed by atoms with Crippen molar-refractivity contribution in [2.75, 3.05) is 4.90 Å². The van der Waals surface area contributed by atoms with Crippen LogP contribution in [0.5, 0.6) is 0 Å². The number of aromatic nitrogens is 1. The molecule has 3 heteroatoms. The third-order valence-corrected chi connectivity index (χ3v) is 9.69. The number of benzene rings is 7. The minimum Gasteiger partial charge on any atom is -0.435 e. The minimum absolute atomic E-state index is 0.0967. The molecule has 7 aromatic carbocycles. The van der Waals surface area contributed by atoms with Crippen molar-refractivity contribution in [3.05, 3.63) is 169 Å². The summed E-state index contributed by atoms with van der Waals surface area (Å²) in [6.45, 7) is 4.67. The van der Waals surface area contributed by atoms with Crippen LogP contribution in [0.15, 0.2) is 162 Å². The average Bonchev–Trinajstić information content (AvgIpc) is 3.66. The highest BCUT2D eigenvalue weighted by Crippen LogP contribution is 2.50. The molecule has 1 aliphatic rings. The number of rotatable bonds is 5. The molecule has 9 rings (SSSR count). The lowest BCUT2D eigenvalue weighted by Gasteiger charge is -2.28. The van der Waals surface area contributed by atoms with Gasteiger partial charge in [-0.05, 0) is 93.4 Å². The summed E-state index contributed by atoms with van der Waals surface area (Å²) in [7, 11) is 0. The summed E-state index contributed by atoms with van der Waals surface area (Å²) in [5, 5.41) is 2.22. The van der Waals surface area contributed by atoms with Gasteiger partial charge >= 0.3 is 0 Å². The largest absolute Gasteiger partial charge is 0.435 e. The lowest BCUT2D eigenvalue weighted by atomic mass is 9.82. The first-order valence-electron chi connectivity index (χ1n) is 16.1. The van der Waals surface area contributed by atoms with E-state index >= 15 is 0 Å². The molecule has 0 radical (unpaired) electrons. The normalized spacial score (nSPS) is 13.1. The zero-order valence-corrected chi connectivity index (χ0v) is 26.3. The van der Waals surface area contributed by atoms with Gasteiger partial charge in [-0.3, -0.25) is 0 Å². The third kappa shape index (κ3) is 4.46. The van der Waals surface area contributed by atoms with Crippen LogP contribution >= 0.6 is 0 Å². The van der Waals surface area contributed by atoms with Crippen molar-refractivity contribution in [1.29, 1.82) is 0 Å². The first-order valence-corrected chi connectivity index (χ1v) is 16.1. The van der Waals surface area contributed by atoms with Crippen LogP contribution in [-0.4, -0.2) is 4.98 Å². The zero-order valence-electron chi connectivity index (χ0n) is 26.3. The Morgan fingerprint density at radius 3 is 2.09 bits per heavy atom. The van der Waals surface area contributed by atoms with Crippen molar-refractivity contribution in [1.82, 2.24) is 4.98 Å². The maximum atomic E-state index is 6.38. The first kappa shape index (κ1) is 27.4. The summed E-state index contributed by atoms with van der Waals surface area (Å²) in [4.78, 5) is 7.22. The van der Waals surface area contributed by atoms with Crippen LogP contribution in [0.3, 0.4) is 0 Å². The van der Waals surface area contributed by atoms with Gasteiger partial charge < -0.3 is 9.32 Å². The van der Waals surface area contributed by atoms with E-state index in [1.165, 1.54) is 33.4 Å². The van der Waals surface area contributed by atoms with Crippen LogP contribution in [0, 0.1) is 0 Å². The number of oxazole rings is 1. The molecule has 0 saturated heterocycles. The summed E-state index contributed by atoms with van der Waals surface area (Å²) < 4.78 is 6.38. The van der Waals surface area contributed by atoms with E-state index < -0.39 is 0 Å². The lowest BCUT2D eigenvalue weighted by Crippen LogP contribution is -2.16. The van der Waals surface area contributed by atoms with Gasteiger partial charge in [-0.25, -0.2) is 4.98 Å². The van der Waals surface area contributed by atoms with E-state index in [-0.39, 0.29) is 5.41 Å². The molecule has 0 bridgehead atoms. The molecule has 1 aliphatic carbocycles. The fraction of sp³-hybridized carbons (Fsp3) is 0.0682. The Morgan fingerprint density at radius 2 is 1.21 bits per heavy atom. The SMILES string of the molecule is CC1(C)c2ccccc2-c2ccc(N(c3ccc(-c4nc5ccc6ccccc6c5o4)cc3)c3cccc(-c4ccccc4)c3)cc21. The van der Waals surface area contributed by atoms with Crippen molar-refractivity contribution in [2.45, 2.75) is 19.3 Å². The monoisotopic (exact) mass is 604 g/mol. The molecular formula is C44H32N2O. The van der Waals surface area contributed by atoms with Crippen LogP contribution in [0.4, 0.5) is 17.1 Å². The van der Waals surface area contributed by atoms with Crippen molar-refractivity contribution < 1.29 is 4.42 Å². The second kappa shape index (κ2) is 10.6. The van der Waals surface area contributed by atoms with Gasteiger partial charge in [-0.15, -0.1) is 0 Å². The van der Waals surface area contributed by atoms with Crippen LogP contribution < -0.4 is 4.90 Å². The van der Waals surface area contributed by atoms with Crippen LogP contribution in [0.25, 0.3) is 55.6 Å². The average molecular weight is 605 g/mol. The summed E-state index contributed by atoms with van der Waals surface area (Å²) in [5.74, 6) is 0.623.